The van der Waals surface area contributed by atoms with Gasteiger partial charge in [-0.15, -0.1) is 0 Å². The minimum atomic E-state index is -3.82. The van der Waals surface area contributed by atoms with Gasteiger partial charge in [0.15, 0.2) is 0 Å². The topological polar surface area (TPSA) is 101 Å². The van der Waals surface area contributed by atoms with Gasteiger partial charge in [0.25, 0.3) is 0 Å². The van der Waals surface area contributed by atoms with Gasteiger partial charge >= 0.3 is 5.97 Å². The van der Waals surface area contributed by atoms with Gasteiger partial charge in [-0.25, -0.2) is 17.9 Å². The molecule has 21 heavy (non-hydrogen) atoms. The van der Waals surface area contributed by atoms with E-state index in [0.717, 1.165) is 6.07 Å². The number of carboxylic acids is 1. The Kier molecular flexibility index (Phi) is 6.06. The molecule has 0 bridgehead atoms. The summed E-state index contributed by atoms with van der Waals surface area (Å²) >= 11 is 0. The van der Waals surface area contributed by atoms with Gasteiger partial charge in [-0.2, -0.15) is 0 Å². The number of sulfonamides is 1. The van der Waals surface area contributed by atoms with E-state index < -0.39 is 26.8 Å². The lowest BCUT2D eigenvalue weighted by molar-refractivity contribution is 0.0696. The van der Waals surface area contributed by atoms with Gasteiger partial charge in [0.05, 0.1) is 10.5 Å². The van der Waals surface area contributed by atoms with Crippen LogP contribution in [0.25, 0.3) is 0 Å². The summed E-state index contributed by atoms with van der Waals surface area (Å²) in [6, 6.07) is 2.58. The van der Waals surface area contributed by atoms with Crippen molar-refractivity contribution in [2.24, 2.45) is 0 Å². The second-order valence-corrected chi connectivity index (χ2v) is 8.15. The molecule has 1 unspecified atom stereocenters. The second-order valence-electron chi connectivity index (χ2n) is 4.55. The molecule has 0 saturated heterocycles. The van der Waals surface area contributed by atoms with Crippen molar-refractivity contribution in [3.8, 4) is 0 Å². The molecule has 1 atom stereocenters. The molecular weight excluding hydrogens is 314 g/mol. The zero-order valence-electron chi connectivity index (χ0n) is 12.2. The fourth-order valence-corrected chi connectivity index (χ4v) is 3.86. The van der Waals surface area contributed by atoms with Crippen LogP contribution in [0.3, 0.4) is 0 Å². The van der Waals surface area contributed by atoms with Crippen LogP contribution in [-0.4, -0.2) is 41.8 Å². The van der Waals surface area contributed by atoms with E-state index in [2.05, 4.69) is 4.72 Å². The van der Waals surface area contributed by atoms with E-state index >= 15 is 0 Å². The summed E-state index contributed by atoms with van der Waals surface area (Å²) in [5, 5.41) is 9.02. The number of aryl methyl sites for hydroxylation is 1. The number of rotatable bonds is 7. The van der Waals surface area contributed by atoms with Crippen LogP contribution in [-0.2, 0) is 20.8 Å². The molecule has 6 nitrogen and oxygen atoms in total. The van der Waals surface area contributed by atoms with E-state index in [1.54, 1.807) is 20.8 Å². The van der Waals surface area contributed by atoms with Crippen LogP contribution in [0, 0.1) is 13.8 Å². The number of benzene rings is 1. The molecule has 2 N–H and O–H groups in total. The highest BCUT2D eigenvalue weighted by atomic mass is 32.2. The molecular formula is C13H19NO5S2. The van der Waals surface area contributed by atoms with Gasteiger partial charge in [0.2, 0.25) is 10.0 Å². The van der Waals surface area contributed by atoms with Crippen molar-refractivity contribution in [3.63, 3.8) is 0 Å². The van der Waals surface area contributed by atoms with Gasteiger partial charge in [-0.3, -0.25) is 4.21 Å². The first kappa shape index (κ1) is 17.8. The number of hydrogen-bond acceptors (Lipinski definition) is 4. The predicted molar refractivity (Wildman–Crippen MR) is 81.6 cm³/mol. The van der Waals surface area contributed by atoms with Crippen molar-refractivity contribution in [2.45, 2.75) is 25.7 Å². The summed E-state index contributed by atoms with van der Waals surface area (Å²) in [7, 11) is -4.88. The van der Waals surface area contributed by atoms with Crippen molar-refractivity contribution < 1.29 is 22.5 Å². The fraction of sp³-hybridized carbons (Fsp3) is 0.462. The molecule has 0 spiro atoms. The monoisotopic (exact) mass is 333 g/mol. The highest BCUT2D eigenvalue weighted by molar-refractivity contribution is 7.89. The molecule has 0 aliphatic rings. The maximum atomic E-state index is 12.2. The molecule has 0 heterocycles. The Morgan fingerprint density at radius 3 is 2.48 bits per heavy atom. The number of hydrogen-bond donors (Lipinski definition) is 2. The average molecular weight is 333 g/mol. The van der Waals surface area contributed by atoms with Crippen LogP contribution in [0.1, 0.15) is 28.4 Å². The number of carbonyl (C=O) groups is 1. The van der Waals surface area contributed by atoms with E-state index in [1.807, 2.05) is 0 Å². The first-order valence-electron chi connectivity index (χ1n) is 6.38. The molecule has 0 radical (unpaired) electrons. The molecule has 8 heteroatoms. The highest BCUT2D eigenvalue weighted by Crippen LogP contribution is 2.21. The summed E-state index contributed by atoms with van der Waals surface area (Å²) < 4.78 is 38.2. The third kappa shape index (κ3) is 4.62. The standard InChI is InChI=1S/C13H19NO5S2/c1-4-20(17)6-5-14-21(18,19)12-8-11(13(15)16)7-9(2)10(12)3/h7-8,14H,4-6H2,1-3H3,(H,15,16). The second kappa shape index (κ2) is 7.15. The Morgan fingerprint density at radius 2 is 1.95 bits per heavy atom. The molecule has 1 aromatic carbocycles. The minimum absolute atomic E-state index is 0.0535. The SMILES string of the molecule is CCS(=O)CCNS(=O)(=O)c1cc(C(=O)O)cc(C)c1C. The van der Waals surface area contributed by atoms with Gasteiger partial charge in [-0.1, -0.05) is 6.92 Å². The smallest absolute Gasteiger partial charge is 0.335 e. The van der Waals surface area contributed by atoms with E-state index in [9.17, 15) is 17.4 Å². The Labute approximate surface area is 127 Å². The van der Waals surface area contributed by atoms with E-state index in [-0.39, 0.29) is 22.8 Å². The van der Waals surface area contributed by atoms with Crippen LogP contribution in [0.5, 0.6) is 0 Å². The average Bonchev–Trinajstić information content (AvgIpc) is 2.40. The van der Waals surface area contributed by atoms with Crippen LogP contribution >= 0.6 is 0 Å². The molecule has 0 saturated carbocycles. The van der Waals surface area contributed by atoms with E-state index in [4.69, 9.17) is 5.11 Å². The zero-order chi connectivity index (χ0) is 16.2. The van der Waals surface area contributed by atoms with Crippen molar-refractivity contribution in [1.82, 2.24) is 4.72 Å². The molecule has 0 aliphatic heterocycles. The Bertz CT molecular complexity index is 667. The van der Waals surface area contributed by atoms with Gasteiger partial charge in [0, 0.05) is 28.9 Å². The lowest BCUT2D eigenvalue weighted by atomic mass is 10.1. The number of carboxylic acid groups (broad SMARTS) is 1. The summed E-state index contributed by atoms with van der Waals surface area (Å²) in [5.74, 6) is -0.484. The molecule has 0 fully saturated rings. The summed E-state index contributed by atoms with van der Waals surface area (Å²) in [4.78, 5) is 11.0. The van der Waals surface area contributed by atoms with E-state index in [1.165, 1.54) is 6.07 Å². The first-order valence-corrected chi connectivity index (χ1v) is 9.35. The van der Waals surface area contributed by atoms with Crippen molar-refractivity contribution in [1.29, 1.82) is 0 Å². The van der Waals surface area contributed by atoms with Gasteiger partial charge < -0.3 is 5.11 Å². The molecule has 0 amide bonds. The van der Waals surface area contributed by atoms with Gasteiger partial charge in [-0.05, 0) is 37.1 Å². The molecule has 1 aromatic rings. The lowest BCUT2D eigenvalue weighted by Gasteiger charge is -2.12. The maximum absolute atomic E-state index is 12.2. The quantitative estimate of drug-likeness (QED) is 0.777. The third-order valence-corrected chi connectivity index (χ3v) is 5.99. The third-order valence-electron chi connectivity index (χ3n) is 3.10. The van der Waals surface area contributed by atoms with Crippen molar-refractivity contribution >= 4 is 26.8 Å². The Morgan fingerprint density at radius 1 is 1.33 bits per heavy atom. The zero-order valence-corrected chi connectivity index (χ0v) is 13.8. The van der Waals surface area contributed by atoms with Crippen molar-refractivity contribution in [2.75, 3.05) is 18.1 Å². The van der Waals surface area contributed by atoms with Crippen LogP contribution in [0.15, 0.2) is 17.0 Å². The van der Waals surface area contributed by atoms with Crippen LogP contribution in [0.4, 0.5) is 0 Å². The minimum Gasteiger partial charge on any atom is -0.478 e. The Hall–Kier alpha value is -1.25. The summed E-state index contributed by atoms with van der Waals surface area (Å²) in [6.07, 6.45) is 0. The summed E-state index contributed by atoms with van der Waals surface area (Å²) in [6.45, 7) is 5.10. The first-order chi connectivity index (χ1) is 9.69. The number of aromatic carboxylic acids is 1. The van der Waals surface area contributed by atoms with Crippen molar-refractivity contribution in [3.05, 3.63) is 28.8 Å². The van der Waals surface area contributed by atoms with E-state index in [0.29, 0.717) is 16.9 Å². The summed E-state index contributed by atoms with van der Waals surface area (Å²) in [5.41, 5.74) is 1.02. The molecule has 0 aromatic heterocycles. The molecule has 1 rings (SSSR count). The normalized spacial score (nSPS) is 13.1. The van der Waals surface area contributed by atoms with Gasteiger partial charge in [0.1, 0.15) is 0 Å². The fourth-order valence-electron chi connectivity index (χ4n) is 1.74. The van der Waals surface area contributed by atoms with Crippen LogP contribution < -0.4 is 4.72 Å². The maximum Gasteiger partial charge on any atom is 0.335 e. The largest absolute Gasteiger partial charge is 0.478 e. The predicted octanol–water partition coefficient (Wildman–Crippen LogP) is 1.05. The molecule has 118 valence electrons. The van der Waals surface area contributed by atoms with Crippen LogP contribution in [0.2, 0.25) is 0 Å². The highest BCUT2D eigenvalue weighted by Gasteiger charge is 2.20. The molecule has 0 aliphatic carbocycles. The number of nitrogens with one attached hydrogen (secondary N) is 1. The lowest BCUT2D eigenvalue weighted by Crippen LogP contribution is -2.29. The Balaban J connectivity index is 3.07.